The number of methoxy groups -OCH3 is 1. The molecule has 2 atom stereocenters. The highest BCUT2D eigenvalue weighted by atomic mass is 16.6. The van der Waals surface area contributed by atoms with Gasteiger partial charge in [-0.15, -0.1) is 0 Å². The van der Waals surface area contributed by atoms with Gasteiger partial charge in [0.15, 0.2) is 0 Å². The Labute approximate surface area is 154 Å². The summed E-state index contributed by atoms with van der Waals surface area (Å²) in [5.41, 5.74) is -0.621. The zero-order chi connectivity index (χ0) is 19.9. The van der Waals surface area contributed by atoms with Crippen LogP contribution in [0.1, 0.15) is 34.6 Å². The molecule has 0 aliphatic carbocycles. The number of ether oxygens (including phenoxy) is 4. The topological polar surface area (TPSA) is 103 Å². The van der Waals surface area contributed by atoms with E-state index in [9.17, 15) is 14.4 Å². The molecule has 1 aliphatic rings. The molecule has 0 spiro atoms. The van der Waals surface area contributed by atoms with Crippen molar-refractivity contribution >= 4 is 18.2 Å². The van der Waals surface area contributed by atoms with Gasteiger partial charge in [0.1, 0.15) is 18.2 Å². The molecule has 1 unspecified atom stereocenters. The number of alkyl carbamates (subject to hydrolysis) is 1. The Morgan fingerprint density at radius 3 is 2.46 bits per heavy atom. The van der Waals surface area contributed by atoms with Crippen LogP contribution in [-0.4, -0.2) is 74.2 Å². The van der Waals surface area contributed by atoms with E-state index in [-0.39, 0.29) is 19.1 Å². The summed E-state index contributed by atoms with van der Waals surface area (Å²) in [6, 6.07) is -1.30. The molecule has 0 saturated carbocycles. The first-order valence-electron chi connectivity index (χ1n) is 8.63. The molecule has 1 saturated heterocycles. The van der Waals surface area contributed by atoms with Crippen LogP contribution in [0.2, 0.25) is 0 Å². The van der Waals surface area contributed by atoms with E-state index in [4.69, 9.17) is 14.2 Å². The minimum absolute atomic E-state index is 0.0514. The Morgan fingerprint density at radius 1 is 1.27 bits per heavy atom. The van der Waals surface area contributed by atoms with E-state index in [2.05, 4.69) is 10.1 Å². The summed E-state index contributed by atoms with van der Waals surface area (Å²) in [6.07, 6.45) is -1.19. The monoisotopic (exact) mass is 374 g/mol. The lowest BCUT2D eigenvalue weighted by Crippen LogP contribution is -2.53. The third-order valence-electron chi connectivity index (χ3n) is 3.65. The SMILES string of the molecule is COC(=O)NC(C(=O)OC[C@@H]1COCCN1C(=O)OC(C)(C)C)C(C)C. The molecule has 0 aromatic rings. The second-order valence-corrected chi connectivity index (χ2v) is 7.39. The van der Waals surface area contributed by atoms with Gasteiger partial charge in [-0.1, -0.05) is 13.8 Å². The highest BCUT2D eigenvalue weighted by Gasteiger charge is 2.33. The van der Waals surface area contributed by atoms with Crippen molar-refractivity contribution in [3.05, 3.63) is 0 Å². The van der Waals surface area contributed by atoms with E-state index in [0.29, 0.717) is 13.2 Å². The van der Waals surface area contributed by atoms with Gasteiger partial charge in [-0.3, -0.25) is 4.90 Å². The average Bonchev–Trinajstić information content (AvgIpc) is 2.55. The summed E-state index contributed by atoms with van der Waals surface area (Å²) in [4.78, 5) is 37.5. The molecule has 9 nitrogen and oxygen atoms in total. The predicted octanol–water partition coefficient (Wildman–Crippen LogP) is 1.55. The van der Waals surface area contributed by atoms with Crippen molar-refractivity contribution in [3.63, 3.8) is 0 Å². The van der Waals surface area contributed by atoms with Crippen molar-refractivity contribution in [2.24, 2.45) is 5.92 Å². The number of carbonyl (C=O) groups is 3. The molecule has 1 heterocycles. The van der Waals surface area contributed by atoms with Gasteiger partial charge in [-0.25, -0.2) is 14.4 Å². The van der Waals surface area contributed by atoms with Gasteiger partial charge in [0.05, 0.1) is 26.4 Å². The van der Waals surface area contributed by atoms with Crippen molar-refractivity contribution < 1.29 is 33.3 Å². The van der Waals surface area contributed by atoms with Gasteiger partial charge in [0.2, 0.25) is 0 Å². The highest BCUT2D eigenvalue weighted by molar-refractivity contribution is 5.81. The minimum Gasteiger partial charge on any atom is -0.462 e. The maximum Gasteiger partial charge on any atom is 0.410 e. The molecule has 1 N–H and O–H groups in total. The molecule has 1 fully saturated rings. The molecule has 0 aromatic heterocycles. The second kappa shape index (κ2) is 9.61. The zero-order valence-electron chi connectivity index (χ0n) is 16.4. The van der Waals surface area contributed by atoms with Crippen LogP contribution in [0.4, 0.5) is 9.59 Å². The summed E-state index contributed by atoms with van der Waals surface area (Å²) in [6.45, 7) is 9.84. The lowest BCUT2D eigenvalue weighted by molar-refractivity contribution is -0.151. The maximum absolute atomic E-state index is 12.3. The minimum atomic E-state index is -0.845. The van der Waals surface area contributed by atoms with Crippen LogP contribution in [0.25, 0.3) is 0 Å². The third kappa shape index (κ3) is 7.07. The van der Waals surface area contributed by atoms with Crippen LogP contribution in [0.5, 0.6) is 0 Å². The molecule has 0 aromatic carbocycles. The molecule has 26 heavy (non-hydrogen) atoms. The standard InChI is InChI=1S/C17H30N2O7/c1-11(2)13(18-15(21)23-6)14(20)25-10-12-9-24-8-7-19(12)16(22)26-17(3,4)5/h11-13H,7-10H2,1-6H3,(H,18,21)/t12-,13?/m0/s1. The number of nitrogens with zero attached hydrogens (tertiary/aromatic N) is 1. The smallest absolute Gasteiger partial charge is 0.410 e. The largest absolute Gasteiger partial charge is 0.462 e. The Balaban J connectivity index is 2.67. The van der Waals surface area contributed by atoms with Gasteiger partial charge in [0.25, 0.3) is 0 Å². The van der Waals surface area contributed by atoms with E-state index in [0.717, 1.165) is 0 Å². The molecule has 1 rings (SSSR count). The number of morpholine rings is 1. The first kappa shape index (κ1) is 22.0. The first-order chi connectivity index (χ1) is 12.0. The third-order valence-corrected chi connectivity index (χ3v) is 3.65. The highest BCUT2D eigenvalue weighted by Crippen LogP contribution is 2.15. The Hall–Kier alpha value is -2.03. The van der Waals surface area contributed by atoms with Crippen LogP contribution in [-0.2, 0) is 23.7 Å². The van der Waals surface area contributed by atoms with Crippen molar-refractivity contribution in [2.45, 2.75) is 52.3 Å². The molecular formula is C17H30N2O7. The summed E-state index contributed by atoms with van der Waals surface area (Å²) < 4.78 is 20.6. The molecule has 0 bridgehead atoms. The lowest BCUT2D eigenvalue weighted by Gasteiger charge is -2.36. The fourth-order valence-corrected chi connectivity index (χ4v) is 2.31. The Morgan fingerprint density at radius 2 is 1.92 bits per heavy atom. The second-order valence-electron chi connectivity index (χ2n) is 7.39. The number of hydrogen-bond acceptors (Lipinski definition) is 7. The fourth-order valence-electron chi connectivity index (χ4n) is 2.31. The predicted molar refractivity (Wildman–Crippen MR) is 92.7 cm³/mol. The quantitative estimate of drug-likeness (QED) is 0.575. The number of esters is 1. The number of amides is 2. The van der Waals surface area contributed by atoms with Crippen LogP contribution in [0, 0.1) is 5.92 Å². The molecule has 1 aliphatic heterocycles. The molecule has 150 valence electrons. The van der Waals surface area contributed by atoms with Crippen molar-refractivity contribution in [3.8, 4) is 0 Å². The molecule has 9 heteroatoms. The molecule has 0 radical (unpaired) electrons. The Bertz CT molecular complexity index is 502. The number of carbonyl (C=O) groups excluding carboxylic acids is 3. The van der Waals surface area contributed by atoms with Crippen molar-refractivity contribution in [1.29, 1.82) is 0 Å². The van der Waals surface area contributed by atoms with Crippen LogP contribution < -0.4 is 5.32 Å². The van der Waals surface area contributed by atoms with Crippen molar-refractivity contribution in [2.75, 3.05) is 33.5 Å². The molecular weight excluding hydrogens is 344 g/mol. The maximum atomic E-state index is 12.3. The van der Waals surface area contributed by atoms with Crippen LogP contribution >= 0.6 is 0 Å². The summed E-state index contributed by atoms with van der Waals surface area (Å²) in [5, 5.41) is 2.45. The first-order valence-corrected chi connectivity index (χ1v) is 8.63. The van der Waals surface area contributed by atoms with Gasteiger partial charge in [-0.2, -0.15) is 0 Å². The normalized spacial score (nSPS) is 18.9. The van der Waals surface area contributed by atoms with E-state index >= 15 is 0 Å². The van der Waals surface area contributed by atoms with E-state index in [1.165, 1.54) is 12.0 Å². The summed E-state index contributed by atoms with van der Waals surface area (Å²) in [7, 11) is 1.22. The van der Waals surface area contributed by atoms with E-state index in [1.54, 1.807) is 34.6 Å². The molecule has 2 amide bonds. The zero-order valence-corrected chi connectivity index (χ0v) is 16.4. The number of nitrogens with one attached hydrogen (secondary N) is 1. The fraction of sp³-hybridized carbons (Fsp3) is 0.824. The van der Waals surface area contributed by atoms with Gasteiger partial charge in [0, 0.05) is 6.54 Å². The van der Waals surface area contributed by atoms with Gasteiger partial charge < -0.3 is 24.3 Å². The number of rotatable bonds is 5. The van der Waals surface area contributed by atoms with E-state index in [1.807, 2.05) is 0 Å². The Kier molecular flexibility index (Phi) is 8.13. The van der Waals surface area contributed by atoms with Crippen molar-refractivity contribution in [1.82, 2.24) is 10.2 Å². The van der Waals surface area contributed by atoms with Gasteiger partial charge >= 0.3 is 18.2 Å². The summed E-state index contributed by atoms with van der Waals surface area (Å²) in [5.74, 6) is -0.786. The van der Waals surface area contributed by atoms with Crippen LogP contribution in [0.15, 0.2) is 0 Å². The van der Waals surface area contributed by atoms with Gasteiger partial charge in [-0.05, 0) is 26.7 Å². The van der Waals surface area contributed by atoms with E-state index < -0.39 is 35.8 Å². The lowest BCUT2D eigenvalue weighted by atomic mass is 10.1. The van der Waals surface area contributed by atoms with Crippen LogP contribution in [0.3, 0.4) is 0 Å². The average molecular weight is 374 g/mol. The summed E-state index contributed by atoms with van der Waals surface area (Å²) >= 11 is 0. The number of hydrogen-bond donors (Lipinski definition) is 1.